The van der Waals surface area contributed by atoms with Gasteiger partial charge in [-0.05, 0) is 123 Å². The molecular formula is C64H60N12. The third kappa shape index (κ3) is 9.60. The second-order valence-electron chi connectivity index (χ2n) is 19.7. The van der Waals surface area contributed by atoms with Crippen molar-refractivity contribution in [3.8, 4) is 69.8 Å². The van der Waals surface area contributed by atoms with E-state index in [0.29, 0.717) is 117 Å². The van der Waals surface area contributed by atoms with Gasteiger partial charge in [-0.2, -0.15) is 21.0 Å². The second-order valence-corrected chi connectivity index (χ2v) is 19.7. The summed E-state index contributed by atoms with van der Waals surface area (Å²) in [4.78, 5) is 40.0. The lowest BCUT2D eigenvalue weighted by Gasteiger charge is -2.28. The van der Waals surface area contributed by atoms with E-state index >= 15 is 0 Å². The Hall–Kier alpha value is -8.84. The van der Waals surface area contributed by atoms with E-state index in [9.17, 15) is 21.0 Å². The fourth-order valence-electron chi connectivity index (χ4n) is 10.5. The predicted octanol–water partition coefficient (Wildman–Crippen LogP) is 13.8. The van der Waals surface area contributed by atoms with Crippen molar-refractivity contribution in [1.82, 2.24) is 39.9 Å². The van der Waals surface area contributed by atoms with E-state index in [0.717, 1.165) is 51.4 Å². The molecule has 12 nitrogen and oxygen atoms in total. The van der Waals surface area contributed by atoms with Gasteiger partial charge in [0.05, 0.1) is 115 Å². The lowest BCUT2D eigenvalue weighted by Crippen LogP contribution is -2.30. The molecule has 0 atom stereocenters. The molecule has 0 saturated heterocycles. The van der Waals surface area contributed by atoms with Crippen LogP contribution >= 0.6 is 0 Å². The summed E-state index contributed by atoms with van der Waals surface area (Å²) < 4.78 is 0. The average molecular weight is 997 g/mol. The Labute approximate surface area is 446 Å². The van der Waals surface area contributed by atoms with Crippen LogP contribution in [0.15, 0.2) is 146 Å². The predicted molar refractivity (Wildman–Crippen MR) is 294 cm³/mol. The topological polar surface area (TPSA) is 198 Å². The van der Waals surface area contributed by atoms with Crippen molar-refractivity contribution in [3.63, 3.8) is 0 Å². The first-order chi connectivity index (χ1) is 37.2. The van der Waals surface area contributed by atoms with Gasteiger partial charge in [0.25, 0.3) is 0 Å². The van der Waals surface area contributed by atoms with Crippen LogP contribution < -0.4 is 0 Å². The first-order valence-corrected chi connectivity index (χ1v) is 26.7. The highest BCUT2D eigenvalue weighted by atomic mass is 14.9. The number of pyridine rings is 8. The van der Waals surface area contributed by atoms with E-state index in [1.54, 1.807) is 0 Å². The molecule has 0 unspecified atom stereocenters. The lowest BCUT2D eigenvalue weighted by molar-refractivity contribution is 0.526. The van der Waals surface area contributed by atoms with E-state index in [2.05, 4.69) is 52.0 Å². The zero-order valence-electron chi connectivity index (χ0n) is 43.7. The van der Waals surface area contributed by atoms with Crippen LogP contribution in [0.5, 0.6) is 0 Å². The van der Waals surface area contributed by atoms with E-state index in [1.807, 2.05) is 146 Å². The summed E-state index contributed by atoms with van der Waals surface area (Å²) in [5, 5.41) is 42.7. The molecule has 0 aromatic carbocycles. The Kier molecular flexibility index (Phi) is 15.6. The number of nitriles is 4. The van der Waals surface area contributed by atoms with E-state index < -0.39 is 21.7 Å². The SMILES string of the molecule is CCCCC1(C#N)c2cccc(n2)-c2cccc(n2)C(C#N)(CCCC)c2cccc(n2)-c2cccc1n2.CCCCC1(C#N)c2cccc(n2)-c2cccc(n2)C(C#N)(CCCC)c2cccc(n2)-c2cccc1n2. The summed E-state index contributed by atoms with van der Waals surface area (Å²) in [7, 11) is 0. The van der Waals surface area contributed by atoms with Crippen molar-refractivity contribution in [2.24, 2.45) is 0 Å². The molecule has 0 spiro atoms. The van der Waals surface area contributed by atoms with Gasteiger partial charge in [-0.25, -0.2) is 39.9 Å². The highest BCUT2D eigenvalue weighted by molar-refractivity contribution is 5.62. The maximum absolute atomic E-state index is 10.7. The van der Waals surface area contributed by atoms with Crippen LogP contribution in [0.1, 0.15) is 150 Å². The molecule has 2 aliphatic heterocycles. The van der Waals surface area contributed by atoms with Crippen molar-refractivity contribution >= 4 is 0 Å². The molecule has 0 radical (unpaired) electrons. The number of fused-ring (bicyclic) bond motifs is 20. The van der Waals surface area contributed by atoms with Gasteiger partial charge < -0.3 is 0 Å². The molecule has 0 amide bonds. The van der Waals surface area contributed by atoms with Crippen LogP contribution in [0.4, 0.5) is 0 Å². The summed E-state index contributed by atoms with van der Waals surface area (Å²) in [5.74, 6) is 0. The minimum absolute atomic E-state index is 0.600. The minimum Gasteiger partial charge on any atom is -0.249 e. The summed E-state index contributed by atoms with van der Waals surface area (Å²) in [5.41, 5.74) is 6.47. The standard InChI is InChI=1S/2C32H30N6/c2*1-3-5-19-31(21-33)27-15-7-11-23(35-27)25-13-9-17-29(37-25)32(22-34,20-6-4-2)30-18-10-14-26(38-30)24-12-8-16-28(31)36-24/h2*7-18H,3-6,19-20H2,1-2H3. The van der Waals surface area contributed by atoms with Gasteiger partial charge in [-0.1, -0.05) is 128 Å². The molecule has 376 valence electrons. The van der Waals surface area contributed by atoms with Crippen molar-refractivity contribution in [3.05, 3.63) is 191 Å². The molecule has 0 fully saturated rings. The summed E-state index contributed by atoms with van der Waals surface area (Å²) in [6.45, 7) is 8.47. The highest BCUT2D eigenvalue weighted by Crippen LogP contribution is 2.42. The normalized spacial score (nSPS) is 19.6. The highest BCUT2D eigenvalue weighted by Gasteiger charge is 2.42. The van der Waals surface area contributed by atoms with Crippen molar-refractivity contribution in [2.75, 3.05) is 0 Å². The zero-order valence-corrected chi connectivity index (χ0v) is 43.7. The lowest BCUT2D eigenvalue weighted by atomic mass is 9.76. The van der Waals surface area contributed by atoms with Gasteiger partial charge in [0, 0.05) is 0 Å². The maximum Gasteiger partial charge on any atom is 0.141 e. The molecule has 8 aromatic rings. The number of unbranched alkanes of at least 4 members (excludes halogenated alkanes) is 4. The second kappa shape index (κ2) is 22.7. The van der Waals surface area contributed by atoms with Crippen LogP contribution in [0.3, 0.4) is 0 Å². The monoisotopic (exact) mass is 997 g/mol. The van der Waals surface area contributed by atoms with Gasteiger partial charge in [-0.15, -0.1) is 0 Å². The molecular weight excluding hydrogens is 937 g/mol. The van der Waals surface area contributed by atoms with Crippen molar-refractivity contribution in [1.29, 1.82) is 21.0 Å². The largest absolute Gasteiger partial charge is 0.249 e. The Morgan fingerprint density at radius 1 is 0.263 bits per heavy atom. The Morgan fingerprint density at radius 3 is 0.526 bits per heavy atom. The van der Waals surface area contributed by atoms with Crippen molar-refractivity contribution in [2.45, 2.75) is 126 Å². The zero-order chi connectivity index (χ0) is 53.2. The van der Waals surface area contributed by atoms with Crippen LogP contribution in [0.2, 0.25) is 0 Å². The molecule has 2 aliphatic rings. The van der Waals surface area contributed by atoms with Gasteiger partial charge in [-0.3, -0.25) is 0 Å². The molecule has 0 aliphatic carbocycles. The average Bonchev–Trinajstić information content (AvgIpc) is 3.51. The third-order valence-corrected chi connectivity index (χ3v) is 14.9. The van der Waals surface area contributed by atoms with E-state index in [-0.39, 0.29) is 0 Å². The molecule has 0 saturated carbocycles. The molecule has 10 heterocycles. The Bertz CT molecular complexity index is 2910. The molecule has 16 bridgehead atoms. The Balaban J connectivity index is 0.000000186. The van der Waals surface area contributed by atoms with Gasteiger partial charge in [0.2, 0.25) is 0 Å². The fourth-order valence-corrected chi connectivity index (χ4v) is 10.5. The molecule has 8 aromatic heterocycles. The minimum atomic E-state index is -1.01. The number of hydrogen-bond acceptors (Lipinski definition) is 12. The van der Waals surface area contributed by atoms with Gasteiger partial charge in [0.1, 0.15) is 21.7 Å². The van der Waals surface area contributed by atoms with Crippen LogP contribution in [0, 0.1) is 45.3 Å². The van der Waals surface area contributed by atoms with Crippen LogP contribution in [0.25, 0.3) is 45.6 Å². The fraction of sp³-hybridized carbons (Fsp3) is 0.312. The summed E-state index contributed by atoms with van der Waals surface area (Å²) >= 11 is 0. The maximum atomic E-state index is 10.7. The quantitative estimate of drug-likeness (QED) is 0.112. The molecule has 12 heteroatoms. The van der Waals surface area contributed by atoms with E-state index in [1.165, 1.54) is 0 Å². The first-order valence-electron chi connectivity index (χ1n) is 26.7. The summed E-state index contributed by atoms with van der Waals surface area (Å²) in [6.07, 6.45) is 9.62. The number of aromatic nitrogens is 8. The van der Waals surface area contributed by atoms with Gasteiger partial charge >= 0.3 is 0 Å². The number of nitrogens with zero attached hydrogens (tertiary/aromatic N) is 12. The summed E-state index contributed by atoms with van der Waals surface area (Å²) in [6, 6.07) is 56.4. The number of rotatable bonds is 12. The molecule has 76 heavy (non-hydrogen) atoms. The third-order valence-electron chi connectivity index (χ3n) is 14.9. The smallest absolute Gasteiger partial charge is 0.141 e. The Morgan fingerprint density at radius 2 is 0.408 bits per heavy atom. The van der Waals surface area contributed by atoms with Crippen LogP contribution in [-0.4, -0.2) is 39.9 Å². The molecule has 0 N–H and O–H groups in total. The molecule has 10 rings (SSSR count). The van der Waals surface area contributed by atoms with Crippen molar-refractivity contribution < 1.29 is 0 Å². The van der Waals surface area contributed by atoms with Crippen LogP contribution in [-0.2, 0) is 21.7 Å². The first kappa shape index (κ1) is 52.0. The number of hydrogen-bond donors (Lipinski definition) is 0. The van der Waals surface area contributed by atoms with E-state index in [4.69, 9.17) is 39.9 Å². The van der Waals surface area contributed by atoms with Gasteiger partial charge in [0.15, 0.2) is 0 Å².